The summed E-state index contributed by atoms with van der Waals surface area (Å²) in [5, 5.41) is 0. The Morgan fingerprint density at radius 2 is 1.04 bits per heavy atom. The summed E-state index contributed by atoms with van der Waals surface area (Å²) >= 11 is 0. The zero-order valence-corrected chi connectivity index (χ0v) is 15.6. The van der Waals surface area contributed by atoms with E-state index in [0.29, 0.717) is 0 Å². The maximum absolute atomic E-state index is 11.7. The van der Waals surface area contributed by atoms with E-state index in [0.717, 1.165) is 0 Å². The molecule has 0 saturated heterocycles. The largest absolute Gasteiger partial charge is 0.398 e. The van der Waals surface area contributed by atoms with Crippen LogP contribution in [0.5, 0.6) is 0 Å². The summed E-state index contributed by atoms with van der Waals surface area (Å²) in [4.78, 5) is -0.761. The van der Waals surface area contributed by atoms with Crippen LogP contribution in [0.25, 0.3) is 12.2 Å². The number of anilines is 2. The van der Waals surface area contributed by atoms with E-state index in [9.17, 15) is 25.9 Å². The van der Waals surface area contributed by atoms with Crippen molar-refractivity contribution in [3.63, 3.8) is 0 Å². The summed E-state index contributed by atoms with van der Waals surface area (Å²) in [6.45, 7) is 2.87. The van der Waals surface area contributed by atoms with Gasteiger partial charge < -0.3 is 11.5 Å². The van der Waals surface area contributed by atoms with Gasteiger partial charge in [0.05, 0.1) is 0 Å². The lowest BCUT2D eigenvalue weighted by molar-refractivity contribution is 0.480. The molecule has 6 N–H and O–H groups in total. The number of nitrogens with two attached hydrogens (primary N) is 2. The lowest BCUT2D eigenvalue weighted by Gasteiger charge is -2.11. The van der Waals surface area contributed by atoms with E-state index in [1.165, 1.54) is 50.3 Å². The molecule has 10 heteroatoms. The molecule has 140 valence electrons. The molecule has 2 aromatic rings. The Morgan fingerprint density at radius 3 is 1.31 bits per heavy atom. The molecular weight excluding hydrogens is 380 g/mol. The zero-order chi connectivity index (χ0) is 19.9. The maximum Gasteiger partial charge on any atom is 0.295 e. The molecular formula is C16H18N2O6S2. The van der Waals surface area contributed by atoms with E-state index >= 15 is 0 Å². The van der Waals surface area contributed by atoms with Gasteiger partial charge in [-0.2, -0.15) is 16.8 Å². The maximum atomic E-state index is 11.7. The van der Waals surface area contributed by atoms with E-state index < -0.39 is 20.2 Å². The van der Waals surface area contributed by atoms with Crippen molar-refractivity contribution in [2.24, 2.45) is 0 Å². The third kappa shape index (κ3) is 3.88. The molecule has 0 heterocycles. The Balaban J connectivity index is 2.71. The minimum atomic E-state index is -4.56. The topological polar surface area (TPSA) is 161 Å². The molecule has 0 aromatic heterocycles. The van der Waals surface area contributed by atoms with Crippen molar-refractivity contribution in [2.75, 3.05) is 11.5 Å². The van der Waals surface area contributed by atoms with Gasteiger partial charge in [-0.3, -0.25) is 9.11 Å². The molecule has 0 aliphatic carbocycles. The molecule has 0 aliphatic rings. The van der Waals surface area contributed by atoms with Crippen molar-refractivity contribution in [2.45, 2.75) is 23.6 Å². The molecule has 0 saturated carbocycles. The van der Waals surface area contributed by atoms with Crippen molar-refractivity contribution in [3.05, 3.63) is 46.5 Å². The average Bonchev–Trinajstić information content (AvgIpc) is 2.49. The fourth-order valence-corrected chi connectivity index (χ4v) is 4.46. The molecule has 2 aromatic carbocycles. The number of nitrogen functional groups attached to an aromatic ring is 2. The Kier molecular flexibility index (Phi) is 5.15. The molecule has 0 unspecified atom stereocenters. The van der Waals surface area contributed by atoms with Crippen molar-refractivity contribution in [1.29, 1.82) is 0 Å². The normalized spacial score (nSPS) is 12.6. The highest BCUT2D eigenvalue weighted by atomic mass is 32.2. The molecule has 0 radical (unpaired) electrons. The first-order valence-corrected chi connectivity index (χ1v) is 10.1. The van der Waals surface area contributed by atoms with E-state index in [1.54, 1.807) is 0 Å². The smallest absolute Gasteiger partial charge is 0.295 e. The van der Waals surface area contributed by atoms with Gasteiger partial charge in [-0.25, -0.2) is 0 Å². The second-order valence-electron chi connectivity index (χ2n) is 5.68. The van der Waals surface area contributed by atoms with Crippen LogP contribution in [-0.2, 0) is 20.2 Å². The number of hydrogen-bond donors (Lipinski definition) is 4. The van der Waals surface area contributed by atoms with Gasteiger partial charge in [-0.1, -0.05) is 24.3 Å². The van der Waals surface area contributed by atoms with Gasteiger partial charge in [-0.15, -0.1) is 0 Å². The summed E-state index contributed by atoms with van der Waals surface area (Å²) in [6.07, 6.45) is 2.60. The van der Waals surface area contributed by atoms with Crippen LogP contribution in [0.4, 0.5) is 11.4 Å². The Labute approximate surface area is 151 Å². The van der Waals surface area contributed by atoms with Gasteiger partial charge in [-0.05, 0) is 48.2 Å². The fraction of sp³-hybridized carbons (Fsp3) is 0.125. The van der Waals surface area contributed by atoms with Crippen LogP contribution >= 0.6 is 0 Å². The van der Waals surface area contributed by atoms with Crippen LogP contribution < -0.4 is 11.5 Å². The van der Waals surface area contributed by atoms with E-state index in [1.807, 2.05) is 0 Å². The predicted molar refractivity (Wildman–Crippen MR) is 99.7 cm³/mol. The van der Waals surface area contributed by atoms with Gasteiger partial charge in [0.1, 0.15) is 9.79 Å². The van der Waals surface area contributed by atoms with Gasteiger partial charge >= 0.3 is 0 Å². The number of rotatable bonds is 4. The summed E-state index contributed by atoms with van der Waals surface area (Å²) < 4.78 is 65.6. The first kappa shape index (κ1) is 19.9. The van der Waals surface area contributed by atoms with Gasteiger partial charge in [0.15, 0.2) is 0 Å². The summed E-state index contributed by atoms with van der Waals surface area (Å²) in [6, 6.07) is 5.67. The van der Waals surface area contributed by atoms with Gasteiger partial charge in [0, 0.05) is 11.4 Å². The monoisotopic (exact) mass is 398 g/mol. The van der Waals surface area contributed by atoms with Crippen LogP contribution in [0.1, 0.15) is 22.3 Å². The van der Waals surface area contributed by atoms with Crippen LogP contribution in [-0.4, -0.2) is 25.9 Å². The van der Waals surface area contributed by atoms with E-state index in [4.69, 9.17) is 11.5 Å². The fourth-order valence-electron chi connectivity index (χ4n) is 2.58. The van der Waals surface area contributed by atoms with Crippen molar-refractivity contribution in [3.8, 4) is 0 Å². The highest BCUT2D eigenvalue weighted by Crippen LogP contribution is 2.29. The quantitative estimate of drug-likeness (QED) is 0.346. The molecule has 26 heavy (non-hydrogen) atoms. The van der Waals surface area contributed by atoms with Crippen LogP contribution in [0.2, 0.25) is 0 Å². The molecule has 0 atom stereocenters. The zero-order valence-electron chi connectivity index (χ0n) is 14.0. The Hall–Kier alpha value is -2.40. The lowest BCUT2D eigenvalue weighted by Crippen LogP contribution is -2.07. The average molecular weight is 398 g/mol. The number of benzene rings is 2. The highest BCUT2D eigenvalue weighted by molar-refractivity contribution is 7.86. The number of hydrogen-bond acceptors (Lipinski definition) is 6. The Bertz CT molecular complexity index is 1030. The second kappa shape index (κ2) is 6.72. The van der Waals surface area contributed by atoms with E-state index in [-0.39, 0.29) is 43.4 Å². The second-order valence-corrected chi connectivity index (χ2v) is 8.40. The summed E-state index contributed by atoms with van der Waals surface area (Å²) in [5.41, 5.74) is 12.3. The molecule has 2 rings (SSSR count). The third-order valence-corrected chi connectivity index (χ3v) is 6.03. The van der Waals surface area contributed by atoms with Crippen molar-refractivity contribution in [1.82, 2.24) is 0 Å². The Morgan fingerprint density at radius 1 is 0.731 bits per heavy atom. The lowest BCUT2D eigenvalue weighted by atomic mass is 10.1. The minimum Gasteiger partial charge on any atom is -0.398 e. The third-order valence-electron chi connectivity index (χ3n) is 3.91. The van der Waals surface area contributed by atoms with Gasteiger partial charge in [0.2, 0.25) is 0 Å². The van der Waals surface area contributed by atoms with Crippen LogP contribution in [0.3, 0.4) is 0 Å². The van der Waals surface area contributed by atoms with Crippen molar-refractivity contribution >= 4 is 43.8 Å². The summed E-state index contributed by atoms with van der Waals surface area (Å²) in [7, 11) is -9.13. The van der Waals surface area contributed by atoms with Gasteiger partial charge in [0.25, 0.3) is 20.2 Å². The van der Waals surface area contributed by atoms with Crippen molar-refractivity contribution < 1.29 is 25.9 Å². The first-order valence-electron chi connectivity index (χ1n) is 7.25. The van der Waals surface area contributed by atoms with E-state index in [2.05, 4.69) is 0 Å². The molecule has 0 fully saturated rings. The predicted octanol–water partition coefficient (Wildman–Crippen LogP) is 2.13. The highest BCUT2D eigenvalue weighted by Gasteiger charge is 2.21. The molecule has 0 spiro atoms. The molecule has 0 amide bonds. The minimum absolute atomic E-state index is 0.106. The molecule has 0 bridgehead atoms. The summed E-state index contributed by atoms with van der Waals surface area (Å²) in [5.74, 6) is 0. The molecule has 8 nitrogen and oxygen atoms in total. The first-order chi connectivity index (χ1) is 11.8. The van der Waals surface area contributed by atoms with Crippen LogP contribution in [0.15, 0.2) is 34.1 Å². The SMILES string of the molecule is Cc1c(N)ccc(C=Cc2ccc(N)c(C)c2S(=O)(=O)O)c1S(=O)(=O)O. The standard InChI is InChI=1S/C16H18N2O6S2/c1-9-13(17)7-5-11(15(9)25(19,20)21)3-4-12-6-8-14(18)10(2)16(12)26(22,23)24/h3-8H,17-18H2,1-2H3,(H,19,20,21)(H,22,23,24). The van der Waals surface area contributed by atoms with Crippen LogP contribution in [0, 0.1) is 13.8 Å². The molecule has 0 aliphatic heterocycles.